The monoisotopic (exact) mass is 298 g/mol. The van der Waals surface area contributed by atoms with Crippen molar-refractivity contribution in [2.45, 2.75) is 32.7 Å². The van der Waals surface area contributed by atoms with Crippen LogP contribution < -0.4 is 5.32 Å². The summed E-state index contributed by atoms with van der Waals surface area (Å²) in [6.45, 7) is 5.70. The molecule has 0 spiro atoms. The van der Waals surface area contributed by atoms with E-state index in [2.05, 4.69) is 27.3 Å². The fourth-order valence-electron chi connectivity index (χ4n) is 2.31. The van der Waals surface area contributed by atoms with Crippen LogP contribution in [0.3, 0.4) is 0 Å². The maximum absolute atomic E-state index is 11.5. The van der Waals surface area contributed by atoms with E-state index in [0.29, 0.717) is 0 Å². The zero-order chi connectivity index (χ0) is 14.4. The van der Waals surface area contributed by atoms with Gasteiger partial charge in [0.05, 0.1) is 19.6 Å². The van der Waals surface area contributed by atoms with E-state index >= 15 is 0 Å². The molecule has 0 bridgehead atoms. The average molecular weight is 298 g/mol. The van der Waals surface area contributed by atoms with Gasteiger partial charge in [0.25, 0.3) is 0 Å². The molecule has 0 saturated carbocycles. The first kappa shape index (κ1) is 15.2. The van der Waals surface area contributed by atoms with E-state index in [1.54, 1.807) is 11.3 Å². The van der Waals surface area contributed by atoms with Crippen LogP contribution in [-0.4, -0.2) is 47.8 Å². The predicted octanol–water partition coefficient (Wildman–Crippen LogP) is 1.74. The Hall–Kier alpha value is -1.21. The molecule has 7 heteroatoms. The van der Waals surface area contributed by atoms with E-state index in [0.717, 1.165) is 55.6 Å². The zero-order valence-electron chi connectivity index (χ0n) is 12.1. The van der Waals surface area contributed by atoms with Gasteiger partial charge in [-0.15, -0.1) is 10.2 Å². The van der Waals surface area contributed by atoms with Gasteiger partial charge in [-0.1, -0.05) is 18.3 Å². The van der Waals surface area contributed by atoms with E-state index in [1.807, 2.05) is 0 Å². The molecule has 0 aromatic carbocycles. The van der Waals surface area contributed by atoms with Crippen molar-refractivity contribution in [2.24, 2.45) is 5.92 Å². The number of esters is 1. The van der Waals surface area contributed by atoms with Gasteiger partial charge in [0.2, 0.25) is 5.13 Å². The minimum atomic E-state index is -0.0772. The third-order valence-electron chi connectivity index (χ3n) is 3.47. The van der Waals surface area contributed by atoms with Crippen LogP contribution in [0, 0.1) is 5.92 Å². The first-order valence-corrected chi connectivity index (χ1v) is 7.91. The summed E-state index contributed by atoms with van der Waals surface area (Å²) in [4.78, 5) is 13.8. The Morgan fingerprint density at radius 2 is 2.20 bits per heavy atom. The van der Waals surface area contributed by atoms with Crippen molar-refractivity contribution in [2.75, 3.05) is 32.1 Å². The molecule has 0 unspecified atom stereocenters. The highest BCUT2D eigenvalue weighted by atomic mass is 32.1. The van der Waals surface area contributed by atoms with Crippen molar-refractivity contribution in [1.82, 2.24) is 15.1 Å². The molecule has 20 heavy (non-hydrogen) atoms. The van der Waals surface area contributed by atoms with E-state index < -0.39 is 0 Å². The molecule has 1 aromatic rings. The summed E-state index contributed by atoms with van der Waals surface area (Å²) >= 11 is 1.61. The molecule has 0 amide bonds. The Morgan fingerprint density at radius 1 is 1.45 bits per heavy atom. The van der Waals surface area contributed by atoms with Crippen LogP contribution in [0.25, 0.3) is 0 Å². The smallest absolute Gasteiger partial charge is 0.308 e. The van der Waals surface area contributed by atoms with Gasteiger partial charge in [-0.25, -0.2) is 0 Å². The summed E-state index contributed by atoms with van der Waals surface area (Å²) in [5.74, 6) is -0.0148. The van der Waals surface area contributed by atoms with Gasteiger partial charge in [0.1, 0.15) is 5.01 Å². The first-order valence-electron chi connectivity index (χ1n) is 7.09. The van der Waals surface area contributed by atoms with Gasteiger partial charge < -0.3 is 10.1 Å². The summed E-state index contributed by atoms with van der Waals surface area (Å²) in [5, 5.41) is 13.5. The number of carbonyl (C=O) groups excluding carboxylic acids is 1. The molecular formula is C13H22N4O2S. The Labute approximate surface area is 123 Å². The van der Waals surface area contributed by atoms with Crippen LogP contribution in [0.2, 0.25) is 0 Å². The number of piperidine rings is 1. The Kier molecular flexibility index (Phi) is 5.72. The molecule has 2 rings (SSSR count). The maximum atomic E-state index is 11.5. The molecule has 0 radical (unpaired) electrons. The summed E-state index contributed by atoms with van der Waals surface area (Å²) in [5.41, 5.74) is 0. The normalized spacial score (nSPS) is 17.1. The third kappa shape index (κ3) is 4.14. The van der Waals surface area contributed by atoms with Crippen molar-refractivity contribution in [3.63, 3.8) is 0 Å². The highest BCUT2D eigenvalue weighted by molar-refractivity contribution is 7.15. The third-order valence-corrected chi connectivity index (χ3v) is 4.34. The van der Waals surface area contributed by atoms with Crippen molar-refractivity contribution in [3.05, 3.63) is 5.01 Å². The van der Waals surface area contributed by atoms with Gasteiger partial charge in [-0.05, 0) is 32.4 Å². The Balaban J connectivity index is 1.77. The summed E-state index contributed by atoms with van der Waals surface area (Å²) < 4.78 is 4.80. The molecule has 1 N–H and O–H groups in total. The van der Waals surface area contributed by atoms with E-state index in [1.165, 1.54) is 7.11 Å². The second-order valence-corrected chi connectivity index (χ2v) is 6.06. The Bertz CT molecular complexity index is 430. The van der Waals surface area contributed by atoms with Gasteiger partial charge in [0.15, 0.2) is 0 Å². The number of rotatable bonds is 6. The average Bonchev–Trinajstić information content (AvgIpc) is 2.92. The van der Waals surface area contributed by atoms with Crippen LogP contribution in [0.5, 0.6) is 0 Å². The highest BCUT2D eigenvalue weighted by Gasteiger charge is 2.25. The lowest BCUT2D eigenvalue weighted by Gasteiger charge is -2.29. The quantitative estimate of drug-likeness (QED) is 0.807. The van der Waals surface area contributed by atoms with Gasteiger partial charge in [0, 0.05) is 6.54 Å². The number of aromatic nitrogens is 2. The lowest BCUT2D eigenvalue weighted by molar-refractivity contribution is -0.147. The number of nitrogens with one attached hydrogen (secondary N) is 1. The second-order valence-electron chi connectivity index (χ2n) is 5.00. The summed E-state index contributed by atoms with van der Waals surface area (Å²) in [6.07, 6.45) is 2.81. The SMILES string of the molecule is CCCNc1nnc(CN2CCC(C(=O)OC)CC2)s1. The topological polar surface area (TPSA) is 67.4 Å². The van der Waals surface area contributed by atoms with Crippen LogP contribution in [-0.2, 0) is 16.1 Å². The molecule has 1 aliphatic heterocycles. The van der Waals surface area contributed by atoms with Crippen molar-refractivity contribution < 1.29 is 9.53 Å². The zero-order valence-corrected chi connectivity index (χ0v) is 12.9. The Morgan fingerprint density at radius 3 is 2.85 bits per heavy atom. The van der Waals surface area contributed by atoms with Crippen molar-refractivity contribution >= 4 is 22.4 Å². The number of ether oxygens (including phenoxy) is 1. The van der Waals surface area contributed by atoms with Crippen molar-refractivity contribution in [1.29, 1.82) is 0 Å². The maximum Gasteiger partial charge on any atom is 0.308 e. The van der Waals surface area contributed by atoms with Gasteiger partial charge in [-0.3, -0.25) is 9.69 Å². The number of nitrogens with zero attached hydrogens (tertiary/aromatic N) is 3. The number of likely N-dealkylation sites (tertiary alicyclic amines) is 1. The van der Waals surface area contributed by atoms with Crippen LogP contribution >= 0.6 is 11.3 Å². The summed E-state index contributed by atoms with van der Waals surface area (Å²) in [7, 11) is 1.46. The van der Waals surface area contributed by atoms with Crippen LogP contribution in [0.4, 0.5) is 5.13 Å². The molecule has 6 nitrogen and oxygen atoms in total. The second kappa shape index (κ2) is 7.54. The molecular weight excluding hydrogens is 276 g/mol. The molecule has 2 heterocycles. The lowest BCUT2D eigenvalue weighted by atomic mass is 9.97. The summed E-state index contributed by atoms with van der Waals surface area (Å²) in [6, 6.07) is 0. The number of carbonyl (C=O) groups is 1. The lowest BCUT2D eigenvalue weighted by Crippen LogP contribution is -2.36. The molecule has 112 valence electrons. The fraction of sp³-hybridized carbons (Fsp3) is 0.769. The molecule has 1 fully saturated rings. The molecule has 1 aliphatic rings. The molecule has 0 aliphatic carbocycles. The van der Waals surface area contributed by atoms with Crippen LogP contribution in [0.1, 0.15) is 31.2 Å². The molecule has 0 atom stereocenters. The van der Waals surface area contributed by atoms with Gasteiger partial charge in [-0.2, -0.15) is 0 Å². The van der Waals surface area contributed by atoms with E-state index in [4.69, 9.17) is 4.74 Å². The first-order chi connectivity index (χ1) is 9.72. The molecule has 1 aromatic heterocycles. The number of methoxy groups -OCH3 is 1. The largest absolute Gasteiger partial charge is 0.469 e. The predicted molar refractivity (Wildman–Crippen MR) is 78.7 cm³/mol. The van der Waals surface area contributed by atoms with Crippen LogP contribution in [0.15, 0.2) is 0 Å². The standard InChI is InChI=1S/C13H22N4O2S/c1-3-6-14-13-16-15-11(20-13)9-17-7-4-10(5-8-17)12(18)19-2/h10H,3-9H2,1-2H3,(H,14,16). The van der Waals surface area contributed by atoms with Crippen molar-refractivity contribution in [3.8, 4) is 0 Å². The minimum Gasteiger partial charge on any atom is -0.469 e. The minimum absolute atomic E-state index is 0.0625. The number of hydrogen-bond acceptors (Lipinski definition) is 7. The van der Waals surface area contributed by atoms with Gasteiger partial charge >= 0.3 is 5.97 Å². The number of anilines is 1. The molecule has 1 saturated heterocycles. The van der Waals surface area contributed by atoms with E-state index in [9.17, 15) is 4.79 Å². The fourth-order valence-corrected chi connectivity index (χ4v) is 3.11. The van der Waals surface area contributed by atoms with E-state index in [-0.39, 0.29) is 11.9 Å². The highest BCUT2D eigenvalue weighted by Crippen LogP contribution is 2.22. The number of hydrogen-bond donors (Lipinski definition) is 1.